The molecule has 6 heteroatoms. The first-order chi connectivity index (χ1) is 6.72. The number of hydrogen-bond acceptors (Lipinski definition) is 4. The van der Waals surface area contributed by atoms with Gasteiger partial charge in [-0.15, -0.1) is 11.6 Å². The van der Waals surface area contributed by atoms with Crippen molar-refractivity contribution in [1.82, 2.24) is 4.98 Å². The molecule has 0 saturated heterocycles. The highest BCUT2D eigenvalue weighted by molar-refractivity contribution is 6.61. The van der Waals surface area contributed by atoms with Crippen molar-refractivity contribution in [3.05, 3.63) is 24.1 Å². The highest BCUT2D eigenvalue weighted by atomic mass is 35.5. The van der Waals surface area contributed by atoms with Crippen LogP contribution in [0, 0.1) is 0 Å². The van der Waals surface area contributed by atoms with Crippen LogP contribution in [0.25, 0.3) is 11.1 Å². The molecule has 14 heavy (non-hydrogen) atoms. The quantitative estimate of drug-likeness (QED) is 0.552. The molecule has 2 aromatic rings. The number of nitrogens with zero attached hydrogens (tertiary/aromatic N) is 1. The molecule has 0 aliphatic heterocycles. The lowest BCUT2D eigenvalue weighted by molar-refractivity contribution is 0.426. The lowest BCUT2D eigenvalue weighted by Crippen LogP contribution is -2.30. The minimum Gasteiger partial charge on any atom is -0.439 e. The third-order valence-electron chi connectivity index (χ3n) is 1.89. The number of oxazole rings is 1. The van der Waals surface area contributed by atoms with Crippen LogP contribution in [0.1, 0.15) is 5.89 Å². The molecule has 0 bridgehead atoms. The Balaban J connectivity index is 2.66. The van der Waals surface area contributed by atoms with Gasteiger partial charge in [0.25, 0.3) is 0 Å². The van der Waals surface area contributed by atoms with Crippen LogP contribution in [0.3, 0.4) is 0 Å². The van der Waals surface area contributed by atoms with E-state index in [2.05, 4.69) is 4.98 Å². The van der Waals surface area contributed by atoms with E-state index in [9.17, 15) is 0 Å². The molecule has 1 heterocycles. The Kier molecular flexibility index (Phi) is 2.45. The van der Waals surface area contributed by atoms with E-state index >= 15 is 0 Å². The molecule has 0 unspecified atom stereocenters. The standard InChI is InChI=1S/C8H7BClNO3/c10-4-7-11-8-5(9(12)13)2-1-3-6(8)14-7/h1-3,12-13H,4H2. The largest absolute Gasteiger partial charge is 0.490 e. The maximum absolute atomic E-state index is 9.04. The molecule has 0 saturated carbocycles. The normalized spacial score (nSPS) is 10.8. The smallest absolute Gasteiger partial charge is 0.439 e. The fourth-order valence-corrected chi connectivity index (χ4v) is 1.40. The number of hydrogen-bond donors (Lipinski definition) is 2. The number of rotatable bonds is 2. The number of aromatic nitrogens is 1. The molecule has 2 N–H and O–H groups in total. The monoisotopic (exact) mass is 211 g/mol. The third-order valence-corrected chi connectivity index (χ3v) is 2.12. The van der Waals surface area contributed by atoms with E-state index in [1.54, 1.807) is 18.2 Å². The summed E-state index contributed by atoms with van der Waals surface area (Å²) in [7, 11) is -1.55. The molecule has 0 aliphatic rings. The summed E-state index contributed by atoms with van der Waals surface area (Å²) in [5, 5.41) is 18.1. The predicted octanol–water partition coefficient (Wildman–Crippen LogP) is 0.246. The van der Waals surface area contributed by atoms with Crippen LogP contribution >= 0.6 is 11.6 Å². The van der Waals surface area contributed by atoms with Gasteiger partial charge in [0, 0.05) is 5.46 Å². The first-order valence-electron chi connectivity index (χ1n) is 4.03. The topological polar surface area (TPSA) is 66.5 Å². The summed E-state index contributed by atoms with van der Waals surface area (Å²) in [4.78, 5) is 4.03. The van der Waals surface area contributed by atoms with Gasteiger partial charge in [-0.1, -0.05) is 12.1 Å². The van der Waals surface area contributed by atoms with Gasteiger partial charge < -0.3 is 14.5 Å². The summed E-state index contributed by atoms with van der Waals surface area (Å²) < 4.78 is 5.24. The van der Waals surface area contributed by atoms with Crippen molar-refractivity contribution in [2.45, 2.75) is 5.88 Å². The zero-order valence-electron chi connectivity index (χ0n) is 7.14. The van der Waals surface area contributed by atoms with Crippen LogP contribution in [-0.2, 0) is 5.88 Å². The van der Waals surface area contributed by atoms with Gasteiger partial charge >= 0.3 is 7.12 Å². The van der Waals surface area contributed by atoms with E-state index in [0.717, 1.165) is 0 Å². The number of para-hydroxylation sites is 1. The molecular formula is C8H7BClNO3. The molecule has 1 aromatic carbocycles. The maximum atomic E-state index is 9.04. The van der Waals surface area contributed by atoms with Crippen molar-refractivity contribution in [3.8, 4) is 0 Å². The summed E-state index contributed by atoms with van der Waals surface area (Å²) in [5.41, 5.74) is 1.27. The highest BCUT2D eigenvalue weighted by Gasteiger charge is 2.17. The van der Waals surface area contributed by atoms with Crippen LogP contribution in [0.15, 0.2) is 22.6 Å². The van der Waals surface area contributed by atoms with Gasteiger partial charge in [-0.05, 0) is 6.07 Å². The van der Waals surface area contributed by atoms with Crippen molar-refractivity contribution in [2.24, 2.45) is 0 Å². The maximum Gasteiger partial charge on any atom is 0.490 e. The molecule has 2 rings (SSSR count). The summed E-state index contributed by atoms with van der Waals surface area (Å²) in [6, 6.07) is 4.94. The Morgan fingerprint density at radius 3 is 2.86 bits per heavy atom. The molecule has 72 valence electrons. The zero-order valence-corrected chi connectivity index (χ0v) is 7.90. The summed E-state index contributed by atoms with van der Waals surface area (Å²) in [6.45, 7) is 0. The van der Waals surface area contributed by atoms with E-state index in [1.807, 2.05) is 0 Å². The Bertz CT molecular complexity index is 457. The van der Waals surface area contributed by atoms with E-state index in [1.165, 1.54) is 0 Å². The fraction of sp³-hybridized carbons (Fsp3) is 0.125. The molecule has 0 fully saturated rings. The lowest BCUT2D eigenvalue weighted by Gasteiger charge is -1.97. The Hall–Kier alpha value is -1.04. The van der Waals surface area contributed by atoms with Gasteiger partial charge in [0.05, 0.1) is 5.88 Å². The minimum absolute atomic E-state index is 0.162. The van der Waals surface area contributed by atoms with Crippen molar-refractivity contribution in [3.63, 3.8) is 0 Å². The summed E-state index contributed by atoms with van der Waals surface area (Å²) >= 11 is 5.55. The summed E-state index contributed by atoms with van der Waals surface area (Å²) in [6.07, 6.45) is 0. The van der Waals surface area contributed by atoms with Gasteiger partial charge in [-0.25, -0.2) is 4.98 Å². The van der Waals surface area contributed by atoms with Gasteiger partial charge in [-0.2, -0.15) is 0 Å². The van der Waals surface area contributed by atoms with Crippen molar-refractivity contribution >= 4 is 35.3 Å². The molecule has 4 nitrogen and oxygen atoms in total. The van der Waals surface area contributed by atoms with Gasteiger partial charge in [0.15, 0.2) is 5.58 Å². The number of fused-ring (bicyclic) bond motifs is 1. The van der Waals surface area contributed by atoms with Crippen LogP contribution in [0.2, 0.25) is 0 Å². The Morgan fingerprint density at radius 2 is 2.21 bits per heavy atom. The average molecular weight is 211 g/mol. The van der Waals surface area contributed by atoms with Crippen molar-refractivity contribution < 1.29 is 14.5 Å². The van der Waals surface area contributed by atoms with Crippen LogP contribution in [0.5, 0.6) is 0 Å². The second-order valence-electron chi connectivity index (χ2n) is 2.81. The number of benzene rings is 1. The Labute approximate surface area is 85.3 Å². The van der Waals surface area contributed by atoms with Gasteiger partial charge in [0.1, 0.15) is 5.52 Å². The molecule has 0 aliphatic carbocycles. The Morgan fingerprint density at radius 1 is 1.43 bits per heavy atom. The second-order valence-corrected chi connectivity index (χ2v) is 3.08. The van der Waals surface area contributed by atoms with Crippen LogP contribution < -0.4 is 5.46 Å². The van der Waals surface area contributed by atoms with E-state index in [4.69, 9.17) is 26.1 Å². The third kappa shape index (κ3) is 1.50. The first kappa shape index (κ1) is 9.52. The highest BCUT2D eigenvalue weighted by Crippen LogP contribution is 2.14. The molecular weight excluding hydrogens is 204 g/mol. The average Bonchev–Trinajstić information content (AvgIpc) is 2.59. The second kappa shape index (κ2) is 3.61. The molecule has 0 amide bonds. The molecule has 0 spiro atoms. The lowest BCUT2D eigenvalue weighted by atomic mass is 9.79. The fourth-order valence-electron chi connectivity index (χ4n) is 1.28. The van der Waals surface area contributed by atoms with Crippen LogP contribution in [-0.4, -0.2) is 22.2 Å². The van der Waals surface area contributed by atoms with E-state index in [0.29, 0.717) is 22.5 Å². The molecule has 1 aromatic heterocycles. The van der Waals surface area contributed by atoms with Crippen molar-refractivity contribution in [2.75, 3.05) is 0 Å². The van der Waals surface area contributed by atoms with Gasteiger partial charge in [0.2, 0.25) is 5.89 Å². The summed E-state index contributed by atoms with van der Waals surface area (Å²) in [5.74, 6) is 0.532. The minimum atomic E-state index is -1.55. The number of alkyl halides is 1. The van der Waals surface area contributed by atoms with Crippen LogP contribution in [0.4, 0.5) is 0 Å². The zero-order chi connectivity index (χ0) is 10.1. The molecule has 0 atom stereocenters. The van der Waals surface area contributed by atoms with Gasteiger partial charge in [-0.3, -0.25) is 0 Å². The van der Waals surface area contributed by atoms with E-state index in [-0.39, 0.29) is 5.88 Å². The molecule has 0 radical (unpaired) electrons. The van der Waals surface area contributed by atoms with Crippen molar-refractivity contribution in [1.29, 1.82) is 0 Å². The first-order valence-corrected chi connectivity index (χ1v) is 4.56. The number of halogens is 1. The predicted molar refractivity (Wildman–Crippen MR) is 53.4 cm³/mol. The van der Waals surface area contributed by atoms with E-state index < -0.39 is 7.12 Å². The SMILES string of the molecule is OB(O)c1cccc2oc(CCl)nc12.